The number of urea groups is 1. The molecule has 2 aromatic rings. The third-order valence-corrected chi connectivity index (χ3v) is 11.6. The van der Waals surface area contributed by atoms with Gasteiger partial charge in [0.05, 0.1) is 0 Å². The van der Waals surface area contributed by atoms with E-state index in [-0.39, 0.29) is 25.8 Å². The second-order valence-electron chi connectivity index (χ2n) is 15.8. The fraction of sp³-hybridized carbons (Fsp3) is 0.568. The van der Waals surface area contributed by atoms with Crippen LogP contribution in [-0.2, 0) is 41.6 Å². The number of carbonyl (C=O) groups is 7. The van der Waals surface area contributed by atoms with Gasteiger partial charge in [-0.1, -0.05) is 94.8 Å². The zero-order valence-electron chi connectivity index (χ0n) is 35.8. The second-order valence-corrected chi connectivity index (χ2v) is 16.8. The number of aryl methyl sites for hydroxylation is 2. The van der Waals surface area contributed by atoms with Gasteiger partial charge >= 0.3 is 12.0 Å². The molecule has 0 aliphatic carbocycles. The third kappa shape index (κ3) is 15.8. The van der Waals surface area contributed by atoms with Gasteiger partial charge in [-0.3, -0.25) is 24.0 Å². The first-order chi connectivity index (χ1) is 28.7. The largest absolute Gasteiger partial charge is 0.480 e. The summed E-state index contributed by atoms with van der Waals surface area (Å²) in [6.07, 6.45) is 4.87. The highest BCUT2D eigenvalue weighted by Gasteiger charge is 2.37. The van der Waals surface area contributed by atoms with Crippen LogP contribution in [0.3, 0.4) is 0 Å². The summed E-state index contributed by atoms with van der Waals surface area (Å²) in [7, 11) is 1.53. The number of nitrogens with zero attached hydrogens (tertiary/aromatic N) is 1. The molecular formula is C44H65N7O8S. The van der Waals surface area contributed by atoms with Crippen LogP contribution >= 0.6 is 11.8 Å². The number of amides is 7. The molecular weight excluding hydrogens is 787 g/mol. The minimum absolute atomic E-state index is 0.0986. The summed E-state index contributed by atoms with van der Waals surface area (Å²) in [6, 6.07) is 11.6. The SMILES string of the molecule is CC[C@@H](C)[C@@H](NC(=O)N[C@H]1CCCCNC(=O)[C@@H](CCSC)NC(=O)[C@H](CCc2ccccc2)N(C)C(=O)[C@H](CCc2ccccc2)NC(=O)[C@@H](C(C)C)NC1=O)C(=O)O. The lowest BCUT2D eigenvalue weighted by Gasteiger charge is -2.33. The number of rotatable bonds is 15. The van der Waals surface area contributed by atoms with Crippen molar-refractivity contribution in [3.8, 4) is 0 Å². The monoisotopic (exact) mass is 851 g/mol. The van der Waals surface area contributed by atoms with Crippen molar-refractivity contribution in [3.05, 3.63) is 71.8 Å². The van der Waals surface area contributed by atoms with Crippen molar-refractivity contribution >= 4 is 53.3 Å². The van der Waals surface area contributed by atoms with Crippen molar-refractivity contribution in [3.63, 3.8) is 0 Å². The summed E-state index contributed by atoms with van der Waals surface area (Å²) >= 11 is 1.53. The number of nitrogens with one attached hydrogen (secondary N) is 6. The smallest absolute Gasteiger partial charge is 0.326 e. The van der Waals surface area contributed by atoms with E-state index in [0.717, 1.165) is 11.1 Å². The van der Waals surface area contributed by atoms with Crippen LogP contribution in [0.15, 0.2) is 60.7 Å². The van der Waals surface area contributed by atoms with Gasteiger partial charge in [-0.2, -0.15) is 11.8 Å². The Balaban J connectivity index is 2.03. The maximum absolute atomic E-state index is 14.6. The molecule has 16 heteroatoms. The first-order valence-electron chi connectivity index (χ1n) is 21.0. The highest BCUT2D eigenvalue weighted by atomic mass is 32.2. The second kappa shape index (κ2) is 25.5. The molecule has 2 aromatic carbocycles. The van der Waals surface area contributed by atoms with E-state index in [2.05, 4.69) is 31.9 Å². The number of hydrogen-bond acceptors (Lipinski definition) is 8. The van der Waals surface area contributed by atoms with Crippen LogP contribution in [0.5, 0.6) is 0 Å². The fourth-order valence-corrected chi connectivity index (χ4v) is 7.46. The molecule has 7 amide bonds. The molecule has 0 radical (unpaired) electrons. The first-order valence-corrected chi connectivity index (χ1v) is 22.4. The molecule has 1 fully saturated rings. The maximum atomic E-state index is 14.6. The molecule has 7 atom stereocenters. The molecule has 0 saturated carbocycles. The lowest BCUT2D eigenvalue weighted by atomic mass is 9.98. The van der Waals surface area contributed by atoms with Crippen molar-refractivity contribution in [2.24, 2.45) is 11.8 Å². The molecule has 7 N–H and O–H groups in total. The van der Waals surface area contributed by atoms with Gasteiger partial charge in [0.2, 0.25) is 29.5 Å². The van der Waals surface area contributed by atoms with Gasteiger partial charge in [-0.25, -0.2) is 9.59 Å². The van der Waals surface area contributed by atoms with Crippen LogP contribution in [0.1, 0.15) is 83.8 Å². The van der Waals surface area contributed by atoms with E-state index < -0.39 is 89.6 Å². The molecule has 0 aromatic heterocycles. The number of carboxylic acid groups (broad SMARTS) is 1. The summed E-state index contributed by atoms with van der Waals surface area (Å²) in [5.41, 5.74) is 1.89. The Bertz CT molecular complexity index is 1720. The van der Waals surface area contributed by atoms with Crippen LogP contribution < -0.4 is 31.9 Å². The average molecular weight is 852 g/mol. The fourth-order valence-electron chi connectivity index (χ4n) is 6.99. The Hall–Kier alpha value is -5.12. The topological polar surface area (TPSA) is 215 Å². The number of carbonyl (C=O) groups excluding carboxylic acids is 6. The molecule has 1 aliphatic heterocycles. The number of thioether (sulfide) groups is 1. The number of benzene rings is 2. The Kier molecular flexibility index (Phi) is 20.9. The summed E-state index contributed by atoms with van der Waals surface area (Å²) < 4.78 is 0. The van der Waals surface area contributed by atoms with Gasteiger partial charge in [0.15, 0.2) is 0 Å². The number of likely N-dealkylation sites (N-methyl/N-ethyl adjacent to an activating group) is 1. The summed E-state index contributed by atoms with van der Waals surface area (Å²) in [5, 5.41) is 26.3. The van der Waals surface area contributed by atoms with E-state index >= 15 is 0 Å². The van der Waals surface area contributed by atoms with E-state index in [1.165, 1.54) is 23.7 Å². The van der Waals surface area contributed by atoms with Crippen molar-refractivity contribution in [1.29, 1.82) is 0 Å². The molecule has 0 bridgehead atoms. The van der Waals surface area contributed by atoms with Crippen molar-refractivity contribution in [2.45, 2.75) is 122 Å². The van der Waals surface area contributed by atoms with E-state index in [1.807, 2.05) is 66.9 Å². The average Bonchev–Trinajstić information content (AvgIpc) is 3.23. The standard InChI is InChI=1S/C44H65N7O8S/c1-7-29(4)37(43(57)58)50-44(59)48-32-20-14-15-26-45-38(52)33(25-27-60-6)46-40(54)35(24-22-31-18-12-9-13-19-31)51(5)42(56)34(23-21-30-16-10-8-11-17-30)47-41(55)36(28(2)3)49-39(32)53/h8-13,16-19,28-29,32-37H,7,14-15,20-27H2,1-6H3,(H,45,52)(H,46,54)(H,47,55)(H,49,53)(H,57,58)(H2,48,50,59)/t29-,32+,33-,34+,35+,36-,37-/m1/s1. The predicted octanol–water partition coefficient (Wildman–Crippen LogP) is 3.41. The summed E-state index contributed by atoms with van der Waals surface area (Å²) in [5.74, 6) is -4.19. The van der Waals surface area contributed by atoms with Gasteiger partial charge in [0.25, 0.3) is 0 Å². The van der Waals surface area contributed by atoms with Gasteiger partial charge in [-0.15, -0.1) is 0 Å². The zero-order chi connectivity index (χ0) is 44.2. The van der Waals surface area contributed by atoms with E-state index in [0.29, 0.717) is 44.3 Å². The van der Waals surface area contributed by atoms with Gasteiger partial charge in [0, 0.05) is 13.6 Å². The molecule has 330 valence electrons. The Labute approximate surface area is 358 Å². The lowest BCUT2D eigenvalue weighted by molar-refractivity contribution is -0.143. The molecule has 1 aliphatic rings. The van der Waals surface area contributed by atoms with E-state index in [1.54, 1.807) is 27.7 Å². The number of hydrogen-bond donors (Lipinski definition) is 7. The van der Waals surface area contributed by atoms with Crippen LogP contribution in [0, 0.1) is 11.8 Å². The van der Waals surface area contributed by atoms with Crippen LogP contribution in [0.25, 0.3) is 0 Å². The Morgan fingerprint density at radius 2 is 1.40 bits per heavy atom. The quantitative estimate of drug-likeness (QED) is 0.140. The lowest BCUT2D eigenvalue weighted by Crippen LogP contribution is -2.60. The van der Waals surface area contributed by atoms with Gasteiger partial charge in [-0.05, 0) is 86.3 Å². The zero-order valence-corrected chi connectivity index (χ0v) is 36.6. The minimum Gasteiger partial charge on any atom is -0.480 e. The highest BCUT2D eigenvalue weighted by molar-refractivity contribution is 7.98. The van der Waals surface area contributed by atoms with Crippen molar-refractivity contribution in [1.82, 2.24) is 36.8 Å². The van der Waals surface area contributed by atoms with Gasteiger partial charge < -0.3 is 41.9 Å². The molecule has 1 saturated heterocycles. The molecule has 0 unspecified atom stereocenters. The molecule has 3 rings (SSSR count). The Morgan fingerprint density at radius 3 is 1.97 bits per heavy atom. The maximum Gasteiger partial charge on any atom is 0.326 e. The van der Waals surface area contributed by atoms with E-state index in [4.69, 9.17) is 0 Å². The highest BCUT2D eigenvalue weighted by Crippen LogP contribution is 2.16. The summed E-state index contributed by atoms with van der Waals surface area (Å²) in [4.78, 5) is 97.2. The molecule has 0 spiro atoms. The van der Waals surface area contributed by atoms with Crippen LogP contribution in [-0.4, -0.2) is 113 Å². The van der Waals surface area contributed by atoms with Crippen molar-refractivity contribution < 1.29 is 38.7 Å². The number of aliphatic carboxylic acids is 1. The summed E-state index contributed by atoms with van der Waals surface area (Å²) in [6.45, 7) is 7.19. The predicted molar refractivity (Wildman–Crippen MR) is 233 cm³/mol. The first kappa shape index (κ1) is 49.2. The Morgan fingerprint density at radius 1 is 0.800 bits per heavy atom. The normalized spacial score (nSPS) is 22.5. The van der Waals surface area contributed by atoms with Crippen LogP contribution in [0.2, 0.25) is 0 Å². The van der Waals surface area contributed by atoms with E-state index in [9.17, 15) is 38.7 Å². The number of carboxylic acids is 1. The molecule has 1 heterocycles. The van der Waals surface area contributed by atoms with Crippen LogP contribution in [0.4, 0.5) is 4.79 Å². The third-order valence-electron chi connectivity index (χ3n) is 10.9. The minimum atomic E-state index is -1.21. The molecule has 60 heavy (non-hydrogen) atoms. The van der Waals surface area contributed by atoms with Gasteiger partial charge in [0.1, 0.15) is 36.3 Å². The van der Waals surface area contributed by atoms with Crippen molar-refractivity contribution in [2.75, 3.05) is 25.6 Å². The molecule has 15 nitrogen and oxygen atoms in total.